The minimum absolute atomic E-state index is 0.0681. The van der Waals surface area contributed by atoms with Crippen molar-refractivity contribution in [1.29, 1.82) is 0 Å². The summed E-state index contributed by atoms with van der Waals surface area (Å²) in [7, 11) is 0. The van der Waals surface area contributed by atoms with E-state index < -0.39 is 0 Å². The number of carbonyl (C=O) groups is 1. The smallest absolute Gasteiger partial charge is 0.239 e. The number of amides is 1. The summed E-state index contributed by atoms with van der Waals surface area (Å²) >= 11 is 5.15. The summed E-state index contributed by atoms with van der Waals surface area (Å²) in [5, 5.41) is 9.19. The summed E-state index contributed by atoms with van der Waals surface area (Å²) in [6.07, 6.45) is 0.979. The van der Waals surface area contributed by atoms with Crippen molar-refractivity contribution >= 4 is 28.9 Å². The van der Waals surface area contributed by atoms with Crippen LogP contribution in [0.15, 0.2) is 24.3 Å². The zero-order valence-corrected chi connectivity index (χ0v) is 12.4. The van der Waals surface area contributed by atoms with Crippen LogP contribution in [0.3, 0.4) is 0 Å². The predicted molar refractivity (Wildman–Crippen MR) is 83.3 cm³/mol. The van der Waals surface area contributed by atoms with Gasteiger partial charge in [0.25, 0.3) is 0 Å². The van der Waals surface area contributed by atoms with Gasteiger partial charge in [0.15, 0.2) is 5.11 Å². The molecule has 0 radical (unpaired) electrons. The van der Waals surface area contributed by atoms with Gasteiger partial charge in [-0.05, 0) is 50.2 Å². The highest BCUT2D eigenvalue weighted by Crippen LogP contribution is 2.10. The van der Waals surface area contributed by atoms with Crippen LogP contribution in [0.1, 0.15) is 26.3 Å². The molecule has 1 rings (SSSR count). The van der Waals surface area contributed by atoms with Crippen LogP contribution in [0, 0.1) is 0 Å². The summed E-state index contributed by atoms with van der Waals surface area (Å²) in [5.41, 5.74) is 2.17. The summed E-state index contributed by atoms with van der Waals surface area (Å²) in [4.78, 5) is 11.4. The molecule has 0 saturated carbocycles. The average molecular weight is 279 g/mol. The van der Waals surface area contributed by atoms with E-state index in [0.29, 0.717) is 5.11 Å². The molecule has 0 aromatic heterocycles. The first-order valence-electron chi connectivity index (χ1n) is 6.44. The van der Waals surface area contributed by atoms with E-state index in [4.69, 9.17) is 12.2 Å². The van der Waals surface area contributed by atoms with Gasteiger partial charge >= 0.3 is 0 Å². The van der Waals surface area contributed by atoms with Crippen molar-refractivity contribution in [3.05, 3.63) is 29.8 Å². The first-order chi connectivity index (χ1) is 9.01. The number of hydrogen-bond donors (Lipinski definition) is 3. The highest BCUT2D eigenvalue weighted by Gasteiger charge is 2.04. The third-order valence-corrected chi connectivity index (χ3v) is 2.70. The second-order valence-corrected chi connectivity index (χ2v) is 4.99. The van der Waals surface area contributed by atoms with Crippen LogP contribution < -0.4 is 16.0 Å². The Balaban J connectivity index is 2.40. The zero-order chi connectivity index (χ0) is 14.3. The van der Waals surface area contributed by atoms with E-state index in [9.17, 15) is 4.79 Å². The van der Waals surface area contributed by atoms with Crippen molar-refractivity contribution in [1.82, 2.24) is 10.6 Å². The first kappa shape index (κ1) is 15.4. The second-order valence-electron chi connectivity index (χ2n) is 4.58. The molecule has 0 saturated heterocycles. The Morgan fingerprint density at radius 2 is 2.11 bits per heavy atom. The maximum absolute atomic E-state index is 11.4. The Morgan fingerprint density at radius 1 is 1.37 bits per heavy atom. The number of rotatable bonds is 5. The molecule has 1 aromatic carbocycles. The van der Waals surface area contributed by atoms with Gasteiger partial charge in [-0.25, -0.2) is 0 Å². The Kier molecular flexibility index (Phi) is 6.29. The molecule has 5 heteroatoms. The summed E-state index contributed by atoms with van der Waals surface area (Å²) in [5.74, 6) is -0.0681. The zero-order valence-electron chi connectivity index (χ0n) is 11.6. The molecule has 0 bridgehead atoms. The highest BCUT2D eigenvalue weighted by atomic mass is 32.1. The number of benzene rings is 1. The fourth-order valence-corrected chi connectivity index (χ4v) is 1.77. The van der Waals surface area contributed by atoms with Crippen molar-refractivity contribution in [3.8, 4) is 0 Å². The molecule has 104 valence electrons. The molecule has 0 unspecified atom stereocenters. The normalized spacial score (nSPS) is 10.1. The van der Waals surface area contributed by atoms with Crippen LogP contribution in [-0.2, 0) is 11.2 Å². The van der Waals surface area contributed by atoms with Crippen LogP contribution in [0.25, 0.3) is 0 Å². The van der Waals surface area contributed by atoms with Gasteiger partial charge in [0.1, 0.15) is 0 Å². The van der Waals surface area contributed by atoms with Gasteiger partial charge in [0, 0.05) is 11.7 Å². The molecule has 3 N–H and O–H groups in total. The Morgan fingerprint density at radius 3 is 2.74 bits per heavy atom. The van der Waals surface area contributed by atoms with Crippen LogP contribution in [-0.4, -0.2) is 23.6 Å². The molecule has 0 heterocycles. The maximum Gasteiger partial charge on any atom is 0.239 e. The maximum atomic E-state index is 11.4. The molecular formula is C14H21N3OS. The molecule has 1 amide bonds. The largest absolute Gasteiger partial charge is 0.353 e. The minimum Gasteiger partial charge on any atom is -0.353 e. The second kappa shape index (κ2) is 7.74. The molecule has 0 atom stereocenters. The van der Waals surface area contributed by atoms with Crippen molar-refractivity contribution < 1.29 is 4.79 Å². The predicted octanol–water partition coefficient (Wildman–Crippen LogP) is 2.06. The average Bonchev–Trinajstić information content (AvgIpc) is 2.36. The molecule has 19 heavy (non-hydrogen) atoms. The van der Waals surface area contributed by atoms with Gasteiger partial charge in [-0.15, -0.1) is 0 Å². The Hall–Kier alpha value is -1.62. The number of hydrogen-bond acceptors (Lipinski definition) is 2. The van der Waals surface area contributed by atoms with E-state index in [-0.39, 0.29) is 18.5 Å². The van der Waals surface area contributed by atoms with Crippen LogP contribution in [0.2, 0.25) is 0 Å². The molecule has 0 spiro atoms. The first-order valence-corrected chi connectivity index (χ1v) is 6.85. The van der Waals surface area contributed by atoms with Gasteiger partial charge in [-0.1, -0.05) is 19.1 Å². The lowest BCUT2D eigenvalue weighted by molar-refractivity contribution is -0.120. The Bertz CT molecular complexity index is 446. The number of carbonyl (C=O) groups excluding carboxylic acids is 1. The van der Waals surface area contributed by atoms with Gasteiger partial charge in [-0.2, -0.15) is 0 Å². The van der Waals surface area contributed by atoms with Gasteiger partial charge in [0.2, 0.25) is 5.91 Å². The highest BCUT2D eigenvalue weighted by molar-refractivity contribution is 7.80. The molecule has 4 nitrogen and oxygen atoms in total. The van der Waals surface area contributed by atoms with E-state index in [0.717, 1.165) is 12.1 Å². The van der Waals surface area contributed by atoms with Crippen LogP contribution in [0.4, 0.5) is 5.69 Å². The fraction of sp³-hybridized carbons (Fsp3) is 0.429. The summed E-state index contributed by atoms with van der Waals surface area (Å²) < 4.78 is 0. The van der Waals surface area contributed by atoms with Crippen molar-refractivity contribution in [2.45, 2.75) is 33.2 Å². The van der Waals surface area contributed by atoms with E-state index in [2.05, 4.69) is 28.9 Å². The quantitative estimate of drug-likeness (QED) is 0.722. The fourth-order valence-electron chi connectivity index (χ4n) is 1.58. The summed E-state index contributed by atoms with van der Waals surface area (Å²) in [6, 6.07) is 8.17. The molecule has 0 aliphatic carbocycles. The lowest BCUT2D eigenvalue weighted by Gasteiger charge is -2.12. The number of aryl methyl sites for hydroxylation is 1. The lowest BCUT2D eigenvalue weighted by atomic mass is 10.1. The van der Waals surface area contributed by atoms with E-state index in [1.165, 1.54) is 5.56 Å². The molecule has 0 aliphatic rings. The summed E-state index contributed by atoms with van der Waals surface area (Å²) in [6.45, 7) is 6.12. The van der Waals surface area contributed by atoms with Gasteiger partial charge in [0.05, 0.1) is 6.54 Å². The molecule has 0 aliphatic heterocycles. The number of thiocarbonyl (C=S) groups is 1. The van der Waals surface area contributed by atoms with Crippen LogP contribution >= 0.6 is 12.2 Å². The van der Waals surface area contributed by atoms with E-state index in [1.807, 2.05) is 32.0 Å². The third kappa shape index (κ3) is 6.20. The molecule has 0 fully saturated rings. The third-order valence-electron chi connectivity index (χ3n) is 2.45. The van der Waals surface area contributed by atoms with Crippen molar-refractivity contribution in [2.24, 2.45) is 0 Å². The Labute approximate surface area is 120 Å². The number of anilines is 1. The van der Waals surface area contributed by atoms with Crippen molar-refractivity contribution in [3.63, 3.8) is 0 Å². The SMILES string of the molecule is CCc1cccc(NC(=S)NCC(=O)NC(C)C)c1. The van der Waals surface area contributed by atoms with Gasteiger partial charge in [-0.3, -0.25) is 4.79 Å². The van der Waals surface area contributed by atoms with Crippen molar-refractivity contribution in [2.75, 3.05) is 11.9 Å². The monoisotopic (exact) mass is 279 g/mol. The molecule has 1 aromatic rings. The lowest BCUT2D eigenvalue weighted by Crippen LogP contribution is -2.41. The molecular weight excluding hydrogens is 258 g/mol. The van der Waals surface area contributed by atoms with E-state index >= 15 is 0 Å². The topological polar surface area (TPSA) is 53.2 Å². The van der Waals surface area contributed by atoms with Crippen LogP contribution in [0.5, 0.6) is 0 Å². The standard InChI is InChI=1S/C14H21N3OS/c1-4-11-6-5-7-12(8-11)17-14(19)15-9-13(18)16-10(2)3/h5-8,10H,4,9H2,1-3H3,(H,16,18)(H2,15,17,19). The number of nitrogens with one attached hydrogen (secondary N) is 3. The van der Waals surface area contributed by atoms with E-state index in [1.54, 1.807) is 0 Å². The van der Waals surface area contributed by atoms with Gasteiger partial charge < -0.3 is 16.0 Å². The minimum atomic E-state index is -0.0681.